The zero-order chi connectivity index (χ0) is 24.1. The number of ether oxygens (including phenoxy) is 2. The van der Waals surface area contributed by atoms with E-state index in [1.807, 2.05) is 38.1 Å². The Bertz CT molecular complexity index is 1240. The summed E-state index contributed by atoms with van der Waals surface area (Å²) in [6, 6.07) is 19.1. The Morgan fingerprint density at radius 3 is 2.47 bits per heavy atom. The Kier molecular flexibility index (Phi) is 7.33. The second-order valence-electron chi connectivity index (χ2n) is 7.75. The fraction of sp³-hybridized carbons (Fsp3) is 0.185. The smallest absolute Gasteiger partial charge is 0.293 e. The number of carbonyl (C=O) groups excluding carboxylic acids is 2. The van der Waals surface area contributed by atoms with Crippen LogP contribution in [0.5, 0.6) is 11.5 Å². The summed E-state index contributed by atoms with van der Waals surface area (Å²) in [6.07, 6.45) is 1.69. The number of thioether (sulfide) groups is 1. The molecule has 2 amide bonds. The molecule has 1 saturated heterocycles. The predicted octanol–water partition coefficient (Wildman–Crippen LogP) is 6.35. The van der Waals surface area contributed by atoms with Crippen molar-refractivity contribution in [1.82, 2.24) is 4.90 Å². The first-order valence-corrected chi connectivity index (χ1v) is 11.7. The van der Waals surface area contributed by atoms with E-state index >= 15 is 0 Å². The first-order valence-electron chi connectivity index (χ1n) is 10.9. The summed E-state index contributed by atoms with van der Waals surface area (Å²) in [6.45, 7) is 4.77. The summed E-state index contributed by atoms with van der Waals surface area (Å²) < 4.78 is 24.7. The third kappa shape index (κ3) is 5.48. The SMILES string of the molecule is CCOc1cc(/C=C2\SC(=O)N(Cc3ccccc3C)C2=O)ccc1OCc1ccc(F)cc1. The molecule has 174 valence electrons. The molecule has 34 heavy (non-hydrogen) atoms. The zero-order valence-corrected chi connectivity index (χ0v) is 19.7. The van der Waals surface area contributed by atoms with E-state index in [1.165, 1.54) is 17.0 Å². The minimum absolute atomic E-state index is 0.245. The minimum atomic E-state index is -0.312. The molecule has 1 fully saturated rings. The highest BCUT2D eigenvalue weighted by atomic mass is 32.2. The second kappa shape index (κ2) is 10.6. The van der Waals surface area contributed by atoms with Crippen molar-refractivity contribution in [2.45, 2.75) is 27.0 Å². The van der Waals surface area contributed by atoms with Gasteiger partial charge in [0, 0.05) is 0 Å². The normalized spacial score (nSPS) is 14.7. The molecule has 0 atom stereocenters. The maximum Gasteiger partial charge on any atom is 0.293 e. The number of halogens is 1. The Hall–Kier alpha value is -3.58. The lowest BCUT2D eigenvalue weighted by Gasteiger charge is -2.14. The zero-order valence-electron chi connectivity index (χ0n) is 18.9. The molecule has 0 aromatic heterocycles. The summed E-state index contributed by atoms with van der Waals surface area (Å²) in [5.41, 5.74) is 3.52. The molecule has 1 aliphatic rings. The van der Waals surface area contributed by atoms with E-state index in [0.717, 1.165) is 34.0 Å². The molecule has 3 aromatic rings. The molecule has 1 aliphatic heterocycles. The molecule has 0 bridgehead atoms. The van der Waals surface area contributed by atoms with Crippen LogP contribution in [0.2, 0.25) is 0 Å². The molecular weight excluding hydrogens is 453 g/mol. The number of benzene rings is 3. The third-order valence-corrected chi connectivity index (χ3v) is 6.24. The van der Waals surface area contributed by atoms with Gasteiger partial charge in [0.05, 0.1) is 18.1 Å². The number of nitrogens with zero attached hydrogens (tertiary/aromatic N) is 1. The average Bonchev–Trinajstić information content (AvgIpc) is 3.08. The molecule has 0 unspecified atom stereocenters. The third-order valence-electron chi connectivity index (χ3n) is 5.34. The topological polar surface area (TPSA) is 55.8 Å². The summed E-state index contributed by atoms with van der Waals surface area (Å²) in [5.74, 6) is 0.452. The van der Waals surface area contributed by atoms with Gasteiger partial charge in [-0.3, -0.25) is 14.5 Å². The lowest BCUT2D eigenvalue weighted by molar-refractivity contribution is -0.123. The van der Waals surface area contributed by atoms with Crippen LogP contribution in [0.1, 0.15) is 29.2 Å². The molecule has 0 saturated carbocycles. The van der Waals surface area contributed by atoms with Gasteiger partial charge in [-0.05, 0) is 78.2 Å². The number of amides is 2. The van der Waals surface area contributed by atoms with Gasteiger partial charge in [0.25, 0.3) is 11.1 Å². The van der Waals surface area contributed by atoms with Gasteiger partial charge in [-0.25, -0.2) is 4.39 Å². The summed E-state index contributed by atoms with van der Waals surface area (Å²) in [4.78, 5) is 27.1. The quantitative estimate of drug-likeness (QED) is 0.354. The van der Waals surface area contributed by atoms with E-state index in [4.69, 9.17) is 9.47 Å². The van der Waals surface area contributed by atoms with Gasteiger partial charge < -0.3 is 9.47 Å². The molecule has 0 aliphatic carbocycles. The fourth-order valence-corrected chi connectivity index (χ4v) is 4.33. The van der Waals surface area contributed by atoms with Crippen LogP contribution in [0.15, 0.2) is 71.6 Å². The van der Waals surface area contributed by atoms with E-state index in [1.54, 1.807) is 36.4 Å². The van der Waals surface area contributed by atoms with Gasteiger partial charge in [-0.2, -0.15) is 0 Å². The average molecular weight is 478 g/mol. The van der Waals surface area contributed by atoms with Crippen molar-refractivity contribution in [2.24, 2.45) is 0 Å². The number of hydrogen-bond donors (Lipinski definition) is 0. The van der Waals surface area contributed by atoms with Gasteiger partial charge in [0.15, 0.2) is 11.5 Å². The maximum absolute atomic E-state index is 13.1. The monoisotopic (exact) mass is 477 g/mol. The molecule has 1 heterocycles. The fourth-order valence-electron chi connectivity index (χ4n) is 3.49. The highest BCUT2D eigenvalue weighted by Crippen LogP contribution is 2.35. The Morgan fingerprint density at radius 2 is 1.74 bits per heavy atom. The summed E-state index contributed by atoms with van der Waals surface area (Å²) in [5, 5.41) is -0.288. The molecule has 0 radical (unpaired) electrons. The molecule has 3 aromatic carbocycles. The summed E-state index contributed by atoms with van der Waals surface area (Å²) >= 11 is 0.930. The number of imide groups is 1. The molecule has 7 heteroatoms. The van der Waals surface area contributed by atoms with Crippen molar-refractivity contribution in [2.75, 3.05) is 6.61 Å². The van der Waals surface area contributed by atoms with E-state index in [-0.39, 0.29) is 30.1 Å². The van der Waals surface area contributed by atoms with Crippen molar-refractivity contribution in [3.63, 3.8) is 0 Å². The first-order chi connectivity index (χ1) is 16.4. The number of aryl methyl sites for hydroxylation is 1. The van der Waals surface area contributed by atoms with Gasteiger partial charge in [0.2, 0.25) is 0 Å². The number of hydrogen-bond acceptors (Lipinski definition) is 5. The van der Waals surface area contributed by atoms with Crippen LogP contribution in [0.3, 0.4) is 0 Å². The predicted molar refractivity (Wildman–Crippen MR) is 131 cm³/mol. The van der Waals surface area contributed by atoms with Crippen molar-refractivity contribution < 1.29 is 23.5 Å². The van der Waals surface area contributed by atoms with E-state index < -0.39 is 0 Å². The van der Waals surface area contributed by atoms with Crippen LogP contribution < -0.4 is 9.47 Å². The van der Waals surface area contributed by atoms with Crippen LogP contribution in [-0.4, -0.2) is 22.7 Å². The molecule has 0 N–H and O–H groups in total. The van der Waals surface area contributed by atoms with E-state index in [0.29, 0.717) is 23.0 Å². The Labute approximate surface area is 202 Å². The molecule has 0 spiro atoms. The summed E-state index contributed by atoms with van der Waals surface area (Å²) in [7, 11) is 0. The van der Waals surface area contributed by atoms with Gasteiger partial charge >= 0.3 is 0 Å². The lowest BCUT2D eigenvalue weighted by atomic mass is 10.1. The van der Waals surface area contributed by atoms with Crippen molar-refractivity contribution in [1.29, 1.82) is 0 Å². The van der Waals surface area contributed by atoms with Crippen molar-refractivity contribution in [3.8, 4) is 11.5 Å². The van der Waals surface area contributed by atoms with Crippen molar-refractivity contribution in [3.05, 3.63) is 99.7 Å². The Balaban J connectivity index is 1.51. The van der Waals surface area contributed by atoms with Gasteiger partial charge in [-0.1, -0.05) is 42.5 Å². The van der Waals surface area contributed by atoms with Crippen LogP contribution in [0.4, 0.5) is 9.18 Å². The standard InChI is InChI=1S/C27H24FNO4S/c1-3-32-24-14-20(10-13-23(24)33-17-19-8-11-22(28)12-9-19)15-25-26(30)29(27(31)34-25)16-21-7-5-4-6-18(21)2/h4-15H,3,16-17H2,1-2H3/b25-15-. The Morgan fingerprint density at radius 1 is 0.971 bits per heavy atom. The lowest BCUT2D eigenvalue weighted by Crippen LogP contribution is -2.27. The van der Waals surface area contributed by atoms with Crippen LogP contribution in [-0.2, 0) is 17.9 Å². The number of rotatable bonds is 8. The highest BCUT2D eigenvalue weighted by molar-refractivity contribution is 8.18. The van der Waals surface area contributed by atoms with Crippen molar-refractivity contribution >= 4 is 29.0 Å². The first kappa shape index (κ1) is 23.6. The number of carbonyl (C=O) groups is 2. The maximum atomic E-state index is 13.1. The van der Waals surface area contributed by atoms with E-state index in [9.17, 15) is 14.0 Å². The molecule has 4 rings (SSSR count). The second-order valence-corrected chi connectivity index (χ2v) is 8.74. The molecule has 5 nitrogen and oxygen atoms in total. The highest BCUT2D eigenvalue weighted by Gasteiger charge is 2.35. The molecular formula is C27H24FNO4S. The minimum Gasteiger partial charge on any atom is -0.490 e. The van der Waals surface area contributed by atoms with Crippen LogP contribution in [0.25, 0.3) is 6.08 Å². The van der Waals surface area contributed by atoms with Gasteiger partial charge in [-0.15, -0.1) is 0 Å². The van der Waals surface area contributed by atoms with Crippen LogP contribution in [0, 0.1) is 12.7 Å². The van der Waals surface area contributed by atoms with Crippen LogP contribution >= 0.6 is 11.8 Å². The van der Waals surface area contributed by atoms with Gasteiger partial charge in [0.1, 0.15) is 12.4 Å². The largest absolute Gasteiger partial charge is 0.490 e. The van der Waals surface area contributed by atoms with E-state index in [2.05, 4.69) is 0 Å².